The minimum Gasteiger partial charge on any atom is -0.255 e. The molecule has 1 heterocycles. The van der Waals surface area contributed by atoms with Gasteiger partial charge in [-0.1, -0.05) is 27.0 Å². The summed E-state index contributed by atoms with van der Waals surface area (Å²) in [5.41, 5.74) is 2.30. The summed E-state index contributed by atoms with van der Waals surface area (Å²) in [6, 6.07) is 6.25. The number of benzene rings is 1. The van der Waals surface area contributed by atoms with Crippen molar-refractivity contribution in [1.82, 2.24) is 4.98 Å². The van der Waals surface area contributed by atoms with Crippen LogP contribution in [0.5, 0.6) is 0 Å². The second-order valence-electron chi connectivity index (χ2n) is 3.45. The maximum atomic E-state index is 12.8. The molecule has 0 amide bonds. The van der Waals surface area contributed by atoms with E-state index in [2.05, 4.69) is 23.1 Å². The summed E-state index contributed by atoms with van der Waals surface area (Å²) in [6.07, 6.45) is 3.08. The Labute approximate surface area is 123 Å². The van der Waals surface area contributed by atoms with E-state index in [0.29, 0.717) is 5.71 Å². The second kappa shape index (κ2) is 8.17. The van der Waals surface area contributed by atoms with E-state index in [0.717, 1.165) is 16.3 Å². The lowest BCUT2D eigenvalue weighted by atomic mass is 10.2. The predicted molar refractivity (Wildman–Crippen MR) is 85.8 cm³/mol. The van der Waals surface area contributed by atoms with Crippen LogP contribution in [0.1, 0.15) is 19.5 Å². The molecule has 0 bridgehead atoms. The Morgan fingerprint density at radius 2 is 1.90 bits per heavy atom. The Morgan fingerprint density at radius 1 is 1.25 bits per heavy atom. The lowest BCUT2D eigenvalue weighted by Crippen LogP contribution is -1.95. The topological polar surface area (TPSA) is 25.2 Å². The van der Waals surface area contributed by atoms with E-state index in [1.54, 1.807) is 18.2 Å². The van der Waals surface area contributed by atoms with Gasteiger partial charge in [-0.2, -0.15) is 0 Å². The molecule has 0 aliphatic rings. The number of nitrogens with zero attached hydrogens (tertiary/aromatic N) is 2. The molecule has 1 aromatic carbocycles. The van der Waals surface area contributed by atoms with Crippen molar-refractivity contribution in [1.29, 1.82) is 0 Å². The van der Waals surface area contributed by atoms with Crippen LogP contribution in [-0.4, -0.2) is 10.7 Å². The molecule has 2 rings (SSSR count). The molecule has 0 atom stereocenters. The summed E-state index contributed by atoms with van der Waals surface area (Å²) in [7, 11) is 0. The second-order valence-corrected chi connectivity index (χ2v) is 4.30. The summed E-state index contributed by atoms with van der Waals surface area (Å²) < 4.78 is 12.8. The highest BCUT2D eigenvalue weighted by atomic mass is 32.1. The average Bonchev–Trinajstić information content (AvgIpc) is 2.97. The van der Waals surface area contributed by atoms with Crippen molar-refractivity contribution in [2.24, 2.45) is 4.99 Å². The van der Waals surface area contributed by atoms with Crippen LogP contribution in [0.3, 0.4) is 0 Å². The van der Waals surface area contributed by atoms with Crippen LogP contribution in [0.4, 0.5) is 4.39 Å². The molecule has 0 aliphatic heterocycles. The van der Waals surface area contributed by atoms with E-state index in [1.807, 2.05) is 19.2 Å². The van der Waals surface area contributed by atoms with E-state index in [4.69, 9.17) is 0 Å². The van der Waals surface area contributed by atoms with E-state index >= 15 is 0 Å². The number of hydrogen-bond acceptors (Lipinski definition) is 3. The lowest BCUT2D eigenvalue weighted by molar-refractivity contribution is 0.628. The van der Waals surface area contributed by atoms with Crippen LogP contribution in [0.15, 0.2) is 60.1 Å². The fraction of sp³-hybridized carbons (Fsp3) is 0.125. The summed E-state index contributed by atoms with van der Waals surface area (Å²) in [4.78, 5) is 8.53. The molecule has 1 aromatic heterocycles. The van der Waals surface area contributed by atoms with Gasteiger partial charge in [0.2, 0.25) is 0 Å². The summed E-state index contributed by atoms with van der Waals surface area (Å²) in [5, 5.41) is 2.71. The maximum Gasteiger partial charge on any atom is 0.124 e. The Morgan fingerprint density at radius 3 is 2.45 bits per heavy atom. The van der Waals surface area contributed by atoms with Crippen molar-refractivity contribution in [3.05, 3.63) is 66.6 Å². The third-order valence-electron chi connectivity index (χ3n) is 2.28. The van der Waals surface area contributed by atoms with E-state index < -0.39 is 0 Å². The normalized spacial score (nSPS) is 10.4. The van der Waals surface area contributed by atoms with Crippen LogP contribution in [0, 0.1) is 5.82 Å². The van der Waals surface area contributed by atoms with Gasteiger partial charge >= 0.3 is 0 Å². The van der Waals surface area contributed by atoms with E-state index in [-0.39, 0.29) is 5.82 Å². The largest absolute Gasteiger partial charge is 0.255 e. The molecule has 0 saturated heterocycles. The highest BCUT2D eigenvalue weighted by Crippen LogP contribution is 2.24. The Bertz CT molecular complexity index is 597. The zero-order chi connectivity index (χ0) is 15.0. The number of aromatic nitrogens is 1. The zero-order valence-electron chi connectivity index (χ0n) is 11.6. The molecule has 20 heavy (non-hydrogen) atoms. The number of aliphatic imine (C=N–C) groups is 1. The first-order valence-electron chi connectivity index (χ1n) is 6.27. The summed E-state index contributed by atoms with van der Waals surface area (Å²) >= 11 is 1.48. The minimum absolute atomic E-state index is 0.254. The molecular weight excluding hydrogens is 271 g/mol. The van der Waals surface area contributed by atoms with Gasteiger partial charge in [-0.15, -0.1) is 11.3 Å². The standard InChI is InChI=1S/C14H11FN2S.C2H6/c1-3-12(16-4-2)13-9-18-14(17-13)10-5-7-11(15)8-6-10;1-2/h3-9H,1-2H2;1-2H3. The fourth-order valence-electron chi connectivity index (χ4n) is 1.44. The van der Waals surface area contributed by atoms with Gasteiger partial charge in [0.15, 0.2) is 0 Å². The molecule has 0 spiro atoms. The van der Waals surface area contributed by atoms with Crippen LogP contribution in [-0.2, 0) is 0 Å². The van der Waals surface area contributed by atoms with Gasteiger partial charge < -0.3 is 0 Å². The fourth-order valence-corrected chi connectivity index (χ4v) is 2.26. The first-order chi connectivity index (χ1) is 9.74. The van der Waals surface area contributed by atoms with Crippen molar-refractivity contribution in [2.45, 2.75) is 13.8 Å². The monoisotopic (exact) mass is 288 g/mol. The van der Waals surface area contributed by atoms with Gasteiger partial charge in [0.05, 0.1) is 5.71 Å². The number of allylic oxidation sites excluding steroid dienone is 1. The first kappa shape index (κ1) is 16.0. The van der Waals surface area contributed by atoms with E-state index in [9.17, 15) is 4.39 Å². The van der Waals surface area contributed by atoms with Crippen LogP contribution in [0.2, 0.25) is 0 Å². The Hall–Kier alpha value is -2.07. The molecule has 0 unspecified atom stereocenters. The zero-order valence-corrected chi connectivity index (χ0v) is 12.5. The van der Waals surface area contributed by atoms with Gasteiger partial charge in [-0.3, -0.25) is 4.99 Å². The van der Waals surface area contributed by atoms with Gasteiger partial charge in [0.25, 0.3) is 0 Å². The van der Waals surface area contributed by atoms with Crippen LogP contribution in [0.25, 0.3) is 10.6 Å². The number of rotatable bonds is 4. The molecule has 0 N–H and O–H groups in total. The summed E-state index contributed by atoms with van der Waals surface area (Å²) in [6.45, 7) is 11.2. The first-order valence-corrected chi connectivity index (χ1v) is 7.15. The number of thiazole rings is 1. The number of hydrogen-bond donors (Lipinski definition) is 0. The lowest BCUT2D eigenvalue weighted by Gasteiger charge is -1.96. The highest BCUT2D eigenvalue weighted by Gasteiger charge is 2.07. The van der Waals surface area contributed by atoms with Crippen molar-refractivity contribution in [3.63, 3.8) is 0 Å². The third kappa shape index (κ3) is 3.96. The molecule has 0 saturated carbocycles. The molecular formula is C16H17FN2S. The molecule has 0 aliphatic carbocycles. The van der Waals surface area contributed by atoms with Gasteiger partial charge in [0, 0.05) is 17.1 Å². The smallest absolute Gasteiger partial charge is 0.124 e. The van der Waals surface area contributed by atoms with Crippen LogP contribution < -0.4 is 0 Å². The maximum absolute atomic E-state index is 12.8. The van der Waals surface area contributed by atoms with Crippen molar-refractivity contribution >= 4 is 17.0 Å². The Kier molecular flexibility index (Phi) is 6.53. The van der Waals surface area contributed by atoms with Crippen LogP contribution >= 0.6 is 11.3 Å². The van der Waals surface area contributed by atoms with Gasteiger partial charge in [-0.05, 0) is 30.3 Å². The highest BCUT2D eigenvalue weighted by molar-refractivity contribution is 7.13. The summed E-state index contributed by atoms with van der Waals surface area (Å²) in [5.74, 6) is -0.254. The van der Waals surface area contributed by atoms with Crippen molar-refractivity contribution < 1.29 is 4.39 Å². The quantitative estimate of drug-likeness (QED) is 0.719. The van der Waals surface area contributed by atoms with Crippen molar-refractivity contribution in [2.75, 3.05) is 0 Å². The van der Waals surface area contributed by atoms with Gasteiger partial charge in [-0.25, -0.2) is 9.37 Å². The minimum atomic E-state index is -0.254. The molecule has 4 heteroatoms. The molecule has 0 fully saturated rings. The molecule has 0 radical (unpaired) electrons. The van der Waals surface area contributed by atoms with E-state index in [1.165, 1.54) is 29.7 Å². The predicted octanol–water partition coefficient (Wildman–Crippen LogP) is 5.09. The number of halogens is 1. The SMILES string of the molecule is C=CN=C(C=C)c1csc(-c2ccc(F)cc2)n1.CC. The van der Waals surface area contributed by atoms with Gasteiger partial charge in [0.1, 0.15) is 16.5 Å². The third-order valence-corrected chi connectivity index (χ3v) is 3.17. The Balaban J connectivity index is 0.000000956. The molecule has 104 valence electrons. The molecule has 2 nitrogen and oxygen atoms in total. The van der Waals surface area contributed by atoms with Crippen molar-refractivity contribution in [3.8, 4) is 10.6 Å². The molecule has 2 aromatic rings. The average molecular weight is 288 g/mol.